The van der Waals surface area contributed by atoms with Crippen molar-refractivity contribution < 1.29 is 18.0 Å². The van der Waals surface area contributed by atoms with Crippen LogP contribution in [0.1, 0.15) is 27.0 Å². The molecule has 1 aliphatic heterocycles. The highest BCUT2D eigenvalue weighted by Gasteiger charge is 2.35. The molecule has 0 saturated carbocycles. The zero-order valence-electron chi connectivity index (χ0n) is 8.85. The molecule has 2 rings (SSSR count). The van der Waals surface area contributed by atoms with Crippen molar-refractivity contribution in [2.24, 2.45) is 0 Å². The predicted octanol–water partition coefficient (Wildman–Crippen LogP) is 2.60. The Morgan fingerprint density at radius 2 is 1.94 bits per heavy atom. The van der Waals surface area contributed by atoms with E-state index >= 15 is 0 Å². The van der Waals surface area contributed by atoms with Gasteiger partial charge in [0.15, 0.2) is 0 Å². The quantitative estimate of drug-likeness (QED) is 0.669. The summed E-state index contributed by atoms with van der Waals surface area (Å²) in [6.45, 7) is 1.62. The van der Waals surface area contributed by atoms with Crippen molar-refractivity contribution >= 4 is 5.91 Å². The van der Waals surface area contributed by atoms with E-state index in [1.165, 1.54) is 17.9 Å². The minimum atomic E-state index is -4.36. The third-order valence-electron chi connectivity index (χ3n) is 2.74. The van der Waals surface area contributed by atoms with Gasteiger partial charge in [0, 0.05) is 19.2 Å². The summed E-state index contributed by atoms with van der Waals surface area (Å²) in [6.07, 6.45) is -4.36. The van der Waals surface area contributed by atoms with Gasteiger partial charge in [0.1, 0.15) is 0 Å². The first-order valence-corrected chi connectivity index (χ1v) is 4.77. The van der Waals surface area contributed by atoms with Crippen molar-refractivity contribution in [2.75, 3.05) is 7.05 Å². The van der Waals surface area contributed by atoms with Crippen LogP contribution in [0.4, 0.5) is 13.2 Å². The standard InChI is InChI=1S/C11H10F3NO/c1-6-3-8-7(5-15(2)10(8)16)4-9(6)11(12,13)14/h3-4H,5H2,1-2H3. The number of halogens is 3. The summed E-state index contributed by atoms with van der Waals surface area (Å²) in [5.74, 6) is -0.216. The van der Waals surface area contributed by atoms with Crippen molar-refractivity contribution in [1.29, 1.82) is 0 Å². The van der Waals surface area contributed by atoms with Crippen LogP contribution in [-0.4, -0.2) is 17.9 Å². The fourth-order valence-corrected chi connectivity index (χ4v) is 1.92. The lowest BCUT2D eigenvalue weighted by molar-refractivity contribution is -0.138. The van der Waals surface area contributed by atoms with E-state index in [2.05, 4.69) is 0 Å². The Hall–Kier alpha value is -1.52. The first kappa shape index (κ1) is 11.0. The molecule has 0 atom stereocenters. The monoisotopic (exact) mass is 229 g/mol. The number of carbonyl (C=O) groups excluding carboxylic acids is 1. The fourth-order valence-electron chi connectivity index (χ4n) is 1.92. The van der Waals surface area contributed by atoms with E-state index in [1.54, 1.807) is 7.05 Å². The molecule has 0 bridgehead atoms. The second kappa shape index (κ2) is 3.23. The third kappa shape index (κ3) is 1.56. The van der Waals surface area contributed by atoms with Crippen LogP contribution in [0.5, 0.6) is 0 Å². The highest BCUT2D eigenvalue weighted by Crippen LogP contribution is 2.35. The number of benzene rings is 1. The Morgan fingerprint density at radius 3 is 2.50 bits per heavy atom. The van der Waals surface area contributed by atoms with Gasteiger partial charge in [-0.25, -0.2) is 0 Å². The molecule has 16 heavy (non-hydrogen) atoms. The van der Waals surface area contributed by atoms with E-state index in [9.17, 15) is 18.0 Å². The van der Waals surface area contributed by atoms with Gasteiger partial charge >= 0.3 is 6.18 Å². The molecule has 0 fully saturated rings. The van der Waals surface area contributed by atoms with E-state index in [0.717, 1.165) is 6.07 Å². The highest BCUT2D eigenvalue weighted by molar-refractivity contribution is 5.98. The van der Waals surface area contributed by atoms with Crippen LogP contribution in [0.15, 0.2) is 12.1 Å². The molecule has 86 valence electrons. The molecular weight excluding hydrogens is 219 g/mol. The van der Waals surface area contributed by atoms with Gasteiger partial charge in [-0.3, -0.25) is 4.79 Å². The predicted molar refractivity (Wildman–Crippen MR) is 52.0 cm³/mol. The lowest BCUT2D eigenvalue weighted by atomic mass is 10.0. The van der Waals surface area contributed by atoms with Crippen LogP contribution in [0, 0.1) is 6.92 Å². The Balaban J connectivity index is 2.58. The zero-order chi connectivity index (χ0) is 12.1. The van der Waals surface area contributed by atoms with Crippen LogP contribution >= 0.6 is 0 Å². The lowest BCUT2D eigenvalue weighted by Crippen LogP contribution is -2.17. The molecule has 0 spiro atoms. The van der Waals surface area contributed by atoms with E-state index in [1.807, 2.05) is 0 Å². The van der Waals surface area contributed by atoms with Gasteiger partial charge in [0.25, 0.3) is 5.91 Å². The SMILES string of the molecule is Cc1cc2c(cc1C(F)(F)F)CN(C)C2=O. The smallest absolute Gasteiger partial charge is 0.337 e. The van der Waals surface area contributed by atoms with Gasteiger partial charge in [-0.1, -0.05) is 0 Å². The summed E-state index contributed by atoms with van der Waals surface area (Å²) in [5.41, 5.74) is 0.266. The summed E-state index contributed by atoms with van der Waals surface area (Å²) in [7, 11) is 1.57. The van der Waals surface area contributed by atoms with Crippen LogP contribution in [0.25, 0.3) is 0 Å². The molecule has 0 saturated heterocycles. The molecule has 0 radical (unpaired) electrons. The zero-order valence-corrected chi connectivity index (χ0v) is 8.85. The van der Waals surface area contributed by atoms with Gasteiger partial charge in [-0.2, -0.15) is 13.2 Å². The normalized spacial score (nSPS) is 15.6. The maximum absolute atomic E-state index is 12.6. The highest BCUT2D eigenvalue weighted by atomic mass is 19.4. The van der Waals surface area contributed by atoms with Crippen molar-refractivity contribution in [2.45, 2.75) is 19.6 Å². The second-order valence-electron chi connectivity index (χ2n) is 3.98. The third-order valence-corrected chi connectivity index (χ3v) is 2.74. The summed E-state index contributed by atoms with van der Waals surface area (Å²) in [5, 5.41) is 0. The maximum atomic E-state index is 12.6. The maximum Gasteiger partial charge on any atom is 0.416 e. The second-order valence-corrected chi connectivity index (χ2v) is 3.98. The molecule has 1 aliphatic rings. The van der Waals surface area contributed by atoms with Crippen molar-refractivity contribution in [1.82, 2.24) is 4.90 Å². The number of aryl methyl sites for hydroxylation is 1. The minimum absolute atomic E-state index is 0.0925. The van der Waals surface area contributed by atoms with Crippen molar-refractivity contribution in [3.8, 4) is 0 Å². The average molecular weight is 229 g/mol. The van der Waals surface area contributed by atoms with E-state index in [4.69, 9.17) is 0 Å². The molecule has 2 nitrogen and oxygen atoms in total. The number of nitrogens with zero attached hydrogens (tertiary/aromatic N) is 1. The number of alkyl halides is 3. The molecule has 0 unspecified atom stereocenters. The fraction of sp³-hybridized carbons (Fsp3) is 0.364. The van der Waals surface area contributed by atoms with E-state index < -0.39 is 11.7 Å². The topological polar surface area (TPSA) is 20.3 Å². The number of amides is 1. The number of rotatable bonds is 0. The first-order valence-electron chi connectivity index (χ1n) is 4.77. The number of fused-ring (bicyclic) bond motifs is 1. The number of carbonyl (C=O) groups is 1. The summed E-state index contributed by atoms with van der Waals surface area (Å²) < 4.78 is 37.8. The van der Waals surface area contributed by atoms with Gasteiger partial charge in [-0.05, 0) is 30.2 Å². The molecular formula is C11H10F3NO. The van der Waals surface area contributed by atoms with Crippen LogP contribution in [0.2, 0.25) is 0 Å². The van der Waals surface area contributed by atoms with Crippen molar-refractivity contribution in [3.63, 3.8) is 0 Å². The molecule has 1 aromatic rings. The van der Waals surface area contributed by atoms with E-state index in [-0.39, 0.29) is 18.0 Å². The average Bonchev–Trinajstić information content (AvgIpc) is 2.41. The van der Waals surface area contributed by atoms with Gasteiger partial charge in [-0.15, -0.1) is 0 Å². The first-order chi connectivity index (χ1) is 7.30. The van der Waals surface area contributed by atoms with E-state index in [0.29, 0.717) is 11.1 Å². The Morgan fingerprint density at radius 1 is 1.31 bits per heavy atom. The minimum Gasteiger partial charge on any atom is -0.337 e. The lowest BCUT2D eigenvalue weighted by Gasteiger charge is -2.11. The Labute approximate surface area is 90.7 Å². The molecule has 1 amide bonds. The Kier molecular flexibility index (Phi) is 2.22. The molecule has 1 heterocycles. The van der Waals surface area contributed by atoms with Crippen LogP contribution in [-0.2, 0) is 12.7 Å². The number of hydrogen-bond donors (Lipinski definition) is 0. The molecule has 0 aromatic heterocycles. The molecule has 0 aliphatic carbocycles. The van der Waals surface area contributed by atoms with Crippen LogP contribution in [0.3, 0.4) is 0 Å². The molecule has 1 aromatic carbocycles. The van der Waals surface area contributed by atoms with Gasteiger partial charge < -0.3 is 4.90 Å². The molecule has 0 N–H and O–H groups in total. The van der Waals surface area contributed by atoms with Crippen LogP contribution < -0.4 is 0 Å². The largest absolute Gasteiger partial charge is 0.416 e. The Bertz CT molecular complexity index is 465. The summed E-state index contributed by atoms with van der Waals surface area (Å²) >= 11 is 0. The van der Waals surface area contributed by atoms with Crippen molar-refractivity contribution in [3.05, 3.63) is 34.4 Å². The van der Waals surface area contributed by atoms with Gasteiger partial charge in [0.05, 0.1) is 5.56 Å². The summed E-state index contributed by atoms with van der Waals surface area (Å²) in [4.78, 5) is 13.0. The molecule has 5 heteroatoms. The number of hydrogen-bond acceptors (Lipinski definition) is 1. The van der Waals surface area contributed by atoms with Gasteiger partial charge in [0.2, 0.25) is 0 Å². The summed E-state index contributed by atoms with van der Waals surface area (Å²) in [6, 6.07) is 2.40.